The van der Waals surface area contributed by atoms with Gasteiger partial charge >= 0.3 is 6.36 Å². The predicted octanol–water partition coefficient (Wildman–Crippen LogP) is 3.25. The average molecular weight is 433 g/mol. The molecule has 2 atom stereocenters. The second kappa shape index (κ2) is 8.00. The maximum absolute atomic E-state index is 12.6. The zero-order chi connectivity index (χ0) is 22.1. The fourth-order valence-corrected chi connectivity index (χ4v) is 3.47. The molecule has 0 bridgehead atoms. The predicted molar refractivity (Wildman–Crippen MR) is 104 cm³/mol. The molecule has 8 nitrogen and oxygen atoms in total. The van der Waals surface area contributed by atoms with Gasteiger partial charge in [0, 0.05) is 19.5 Å². The molecule has 4 rings (SSSR count). The second-order valence-electron chi connectivity index (χ2n) is 6.69. The monoisotopic (exact) mass is 433 g/mol. The Labute approximate surface area is 175 Å². The van der Waals surface area contributed by atoms with E-state index in [4.69, 9.17) is 9.57 Å². The molecule has 0 saturated carbocycles. The number of imidazole rings is 1. The van der Waals surface area contributed by atoms with Gasteiger partial charge in [-0.2, -0.15) is 0 Å². The third-order valence-corrected chi connectivity index (χ3v) is 4.72. The largest absolute Gasteiger partial charge is 0.573 e. The second-order valence-corrected chi connectivity index (χ2v) is 6.69. The van der Waals surface area contributed by atoms with Crippen LogP contribution in [0.25, 0.3) is 5.69 Å². The molecule has 2 unspecified atom stereocenters. The summed E-state index contributed by atoms with van der Waals surface area (Å²) >= 11 is 0. The summed E-state index contributed by atoms with van der Waals surface area (Å²) in [5.74, 6) is -0.356. The fraction of sp³-hybridized carbons (Fsp3) is 0.250. The SMILES string of the molecule is COC1ONC=NC1(c1ccc(OC(F)(F)F)cc1)c1ncccc1-n1cnc(C)c1. The summed E-state index contributed by atoms with van der Waals surface area (Å²) in [4.78, 5) is 19.0. The van der Waals surface area contributed by atoms with Crippen LogP contribution in [0, 0.1) is 6.92 Å². The first-order chi connectivity index (χ1) is 14.8. The van der Waals surface area contributed by atoms with Gasteiger partial charge in [0.1, 0.15) is 17.8 Å². The molecule has 0 amide bonds. The Balaban J connectivity index is 1.89. The van der Waals surface area contributed by atoms with Crippen LogP contribution in [-0.4, -0.2) is 40.6 Å². The van der Waals surface area contributed by atoms with Crippen LogP contribution < -0.4 is 10.2 Å². The van der Waals surface area contributed by atoms with Crippen molar-refractivity contribution in [3.05, 3.63) is 72.1 Å². The van der Waals surface area contributed by atoms with Gasteiger partial charge in [-0.1, -0.05) is 12.1 Å². The van der Waals surface area contributed by atoms with Crippen LogP contribution >= 0.6 is 0 Å². The van der Waals surface area contributed by atoms with Crippen molar-refractivity contribution in [2.75, 3.05) is 7.11 Å². The number of pyridine rings is 1. The Morgan fingerprint density at radius 3 is 2.58 bits per heavy atom. The number of nitrogens with one attached hydrogen (secondary N) is 1. The number of halogens is 3. The van der Waals surface area contributed by atoms with Crippen LogP contribution in [0.3, 0.4) is 0 Å². The van der Waals surface area contributed by atoms with Crippen molar-refractivity contribution >= 4 is 6.34 Å². The Kier molecular flexibility index (Phi) is 5.38. The number of aromatic nitrogens is 3. The van der Waals surface area contributed by atoms with E-state index in [1.54, 1.807) is 23.2 Å². The Morgan fingerprint density at radius 1 is 1.16 bits per heavy atom. The van der Waals surface area contributed by atoms with Crippen LogP contribution in [0.5, 0.6) is 5.75 Å². The van der Waals surface area contributed by atoms with Gasteiger partial charge in [0.15, 0.2) is 5.54 Å². The van der Waals surface area contributed by atoms with Crippen molar-refractivity contribution in [3.63, 3.8) is 0 Å². The Morgan fingerprint density at radius 2 is 1.94 bits per heavy atom. The molecule has 3 aromatic rings. The number of hydrogen-bond acceptors (Lipinski definition) is 7. The van der Waals surface area contributed by atoms with Crippen molar-refractivity contribution in [3.8, 4) is 11.4 Å². The number of aliphatic imine (C=N–C) groups is 1. The van der Waals surface area contributed by atoms with E-state index in [2.05, 4.69) is 25.2 Å². The van der Waals surface area contributed by atoms with Gasteiger partial charge in [0.05, 0.1) is 17.7 Å². The van der Waals surface area contributed by atoms with Crippen LogP contribution in [0.4, 0.5) is 13.2 Å². The van der Waals surface area contributed by atoms with E-state index in [1.165, 1.54) is 37.7 Å². The zero-order valence-corrected chi connectivity index (χ0v) is 16.5. The first kappa shape index (κ1) is 20.8. The summed E-state index contributed by atoms with van der Waals surface area (Å²) in [6.07, 6.45) is 0.616. The molecular weight excluding hydrogens is 415 g/mol. The number of hydroxylamine groups is 1. The maximum Gasteiger partial charge on any atom is 0.573 e. The van der Waals surface area contributed by atoms with Gasteiger partial charge in [-0.3, -0.25) is 15.5 Å². The lowest BCUT2D eigenvalue weighted by Gasteiger charge is -2.38. The Bertz CT molecular complexity index is 1080. The summed E-state index contributed by atoms with van der Waals surface area (Å²) in [7, 11) is 1.44. The van der Waals surface area contributed by atoms with Crippen molar-refractivity contribution < 1.29 is 27.5 Å². The lowest BCUT2D eigenvalue weighted by Crippen LogP contribution is -2.49. The number of alkyl halides is 3. The minimum absolute atomic E-state index is 0.356. The molecule has 1 aliphatic rings. The molecule has 31 heavy (non-hydrogen) atoms. The van der Waals surface area contributed by atoms with Gasteiger partial charge in [-0.25, -0.2) is 9.82 Å². The molecule has 1 aromatic carbocycles. The third kappa shape index (κ3) is 3.97. The van der Waals surface area contributed by atoms with E-state index in [0.29, 0.717) is 16.9 Å². The average Bonchev–Trinajstić information content (AvgIpc) is 3.19. The molecule has 0 fully saturated rings. The first-order valence-electron chi connectivity index (χ1n) is 9.14. The summed E-state index contributed by atoms with van der Waals surface area (Å²) in [6, 6.07) is 8.94. The summed E-state index contributed by atoms with van der Waals surface area (Å²) in [5.41, 5.74) is 3.62. The third-order valence-electron chi connectivity index (χ3n) is 4.72. The summed E-state index contributed by atoms with van der Waals surface area (Å²) < 4.78 is 49.1. The molecule has 0 spiro atoms. The van der Waals surface area contributed by atoms with E-state index in [0.717, 1.165) is 5.69 Å². The van der Waals surface area contributed by atoms with Gasteiger partial charge in [-0.05, 0) is 36.8 Å². The molecule has 162 valence electrons. The smallest absolute Gasteiger partial charge is 0.406 e. The van der Waals surface area contributed by atoms with E-state index in [-0.39, 0.29) is 5.75 Å². The van der Waals surface area contributed by atoms with Crippen LogP contribution in [0.1, 0.15) is 17.0 Å². The molecule has 2 aromatic heterocycles. The number of aryl methyl sites for hydroxylation is 1. The highest BCUT2D eigenvalue weighted by molar-refractivity contribution is 5.59. The zero-order valence-electron chi connectivity index (χ0n) is 16.5. The van der Waals surface area contributed by atoms with E-state index < -0.39 is 18.2 Å². The Hall–Kier alpha value is -3.44. The number of hydrogen-bond donors (Lipinski definition) is 1. The number of rotatable bonds is 5. The number of methoxy groups -OCH3 is 1. The van der Waals surface area contributed by atoms with Gasteiger partial charge in [-0.15, -0.1) is 13.2 Å². The normalized spacial score (nSPS) is 21.0. The molecular formula is C20H18F3N5O3. The molecule has 0 aliphatic carbocycles. The van der Waals surface area contributed by atoms with Crippen molar-refractivity contribution in [2.24, 2.45) is 4.99 Å². The molecule has 0 saturated heterocycles. The number of nitrogens with zero attached hydrogens (tertiary/aromatic N) is 4. The number of benzene rings is 1. The highest BCUT2D eigenvalue weighted by Crippen LogP contribution is 2.42. The van der Waals surface area contributed by atoms with Gasteiger partial charge < -0.3 is 14.0 Å². The molecule has 3 heterocycles. The fourth-order valence-electron chi connectivity index (χ4n) is 3.47. The molecule has 11 heteroatoms. The topological polar surface area (TPSA) is 82.8 Å². The minimum atomic E-state index is -4.79. The van der Waals surface area contributed by atoms with Crippen LogP contribution in [-0.2, 0) is 15.1 Å². The van der Waals surface area contributed by atoms with Crippen molar-refractivity contribution in [1.29, 1.82) is 0 Å². The molecule has 0 radical (unpaired) electrons. The van der Waals surface area contributed by atoms with E-state index in [9.17, 15) is 13.2 Å². The highest BCUT2D eigenvalue weighted by atomic mass is 19.4. The van der Waals surface area contributed by atoms with Gasteiger partial charge in [0.25, 0.3) is 0 Å². The number of ether oxygens (including phenoxy) is 2. The lowest BCUT2D eigenvalue weighted by atomic mass is 9.84. The van der Waals surface area contributed by atoms with Crippen molar-refractivity contribution in [2.45, 2.75) is 25.1 Å². The summed E-state index contributed by atoms with van der Waals surface area (Å²) in [6.45, 7) is 1.85. The minimum Gasteiger partial charge on any atom is -0.406 e. The standard InChI is InChI=1S/C20H18F3N5O3/c1-13-10-28(12-25-13)16-4-3-9-24-17(16)19(18(29-2)31-27-11-26-19)14-5-7-15(8-6-14)30-20(21,22)23/h3-12,18H,1-2H3,(H,26,27). The van der Waals surface area contributed by atoms with Crippen LogP contribution in [0.15, 0.2) is 60.1 Å². The van der Waals surface area contributed by atoms with Crippen molar-refractivity contribution in [1.82, 2.24) is 20.0 Å². The van der Waals surface area contributed by atoms with E-state index >= 15 is 0 Å². The molecule has 1 aliphatic heterocycles. The molecule has 1 N–H and O–H groups in total. The van der Waals surface area contributed by atoms with E-state index in [1.807, 2.05) is 19.2 Å². The highest BCUT2D eigenvalue weighted by Gasteiger charge is 2.48. The van der Waals surface area contributed by atoms with Crippen LogP contribution in [0.2, 0.25) is 0 Å². The quantitative estimate of drug-likeness (QED) is 0.665. The lowest BCUT2D eigenvalue weighted by molar-refractivity contribution is -0.274. The van der Waals surface area contributed by atoms with Gasteiger partial charge in [0.2, 0.25) is 6.29 Å². The maximum atomic E-state index is 12.6. The first-order valence-corrected chi connectivity index (χ1v) is 9.14. The summed E-state index contributed by atoms with van der Waals surface area (Å²) in [5, 5.41) is 0.